The van der Waals surface area contributed by atoms with Crippen LogP contribution >= 0.6 is 0 Å². The highest BCUT2D eigenvalue weighted by Crippen LogP contribution is 2.24. The van der Waals surface area contributed by atoms with Crippen LogP contribution in [0.4, 0.5) is 5.69 Å². The number of carbonyl (C=O) groups excluding carboxylic acids is 1. The Morgan fingerprint density at radius 1 is 1.24 bits per heavy atom. The van der Waals surface area contributed by atoms with Gasteiger partial charge in [-0.3, -0.25) is 14.9 Å². The second-order valence-electron chi connectivity index (χ2n) is 6.79. The zero-order chi connectivity index (χ0) is 20.8. The minimum atomic E-state index is -0.510. The van der Waals surface area contributed by atoms with Crippen LogP contribution in [0, 0.1) is 10.1 Å². The lowest BCUT2D eigenvalue weighted by atomic mass is 10.1. The molecule has 1 aromatic heterocycles. The maximum atomic E-state index is 12.5. The highest BCUT2D eigenvalue weighted by Gasteiger charge is 2.18. The zero-order valence-electron chi connectivity index (χ0n) is 16.2. The quantitative estimate of drug-likeness (QED) is 0.464. The third-order valence-electron chi connectivity index (χ3n) is 4.24. The Bertz CT molecular complexity index is 1000. The van der Waals surface area contributed by atoms with Crippen LogP contribution in [0.3, 0.4) is 0 Å². The van der Waals surface area contributed by atoms with Gasteiger partial charge in [-0.1, -0.05) is 24.3 Å². The van der Waals surface area contributed by atoms with Gasteiger partial charge in [-0.15, -0.1) is 0 Å². The second-order valence-corrected chi connectivity index (χ2v) is 6.79. The van der Waals surface area contributed by atoms with Gasteiger partial charge in [0.2, 0.25) is 0 Å². The fraction of sp³-hybridized carbons (Fsp3) is 0.238. The molecule has 0 atom stereocenters. The maximum Gasteiger partial charge on any atom is 0.294 e. The third kappa shape index (κ3) is 5.26. The van der Waals surface area contributed by atoms with E-state index in [0.29, 0.717) is 18.8 Å². The first-order valence-electron chi connectivity index (χ1n) is 9.18. The summed E-state index contributed by atoms with van der Waals surface area (Å²) in [6.45, 7) is 4.76. The molecule has 0 aliphatic carbocycles. The van der Waals surface area contributed by atoms with Crippen molar-refractivity contribution in [3.63, 3.8) is 0 Å². The molecular formula is C21H22N4O4. The molecule has 0 saturated carbocycles. The van der Waals surface area contributed by atoms with Crippen molar-refractivity contribution in [1.29, 1.82) is 0 Å². The smallest absolute Gasteiger partial charge is 0.294 e. The first-order chi connectivity index (χ1) is 13.9. The van der Waals surface area contributed by atoms with E-state index in [4.69, 9.17) is 4.74 Å². The SMILES string of the molecule is CC(C)OCc1cccc(CNC(=O)c2ccc(-n3ccnc3)c([N+](=O)[O-])c2)c1. The average molecular weight is 394 g/mol. The number of nitrogens with zero attached hydrogens (tertiary/aromatic N) is 3. The lowest BCUT2D eigenvalue weighted by molar-refractivity contribution is -0.384. The molecule has 29 heavy (non-hydrogen) atoms. The van der Waals surface area contributed by atoms with Crippen LogP contribution in [0.15, 0.2) is 61.2 Å². The number of nitro benzene ring substituents is 1. The van der Waals surface area contributed by atoms with E-state index in [9.17, 15) is 14.9 Å². The van der Waals surface area contributed by atoms with Crippen LogP contribution < -0.4 is 5.32 Å². The van der Waals surface area contributed by atoms with Crippen LogP contribution in [0.2, 0.25) is 0 Å². The van der Waals surface area contributed by atoms with Crippen LogP contribution in [0.25, 0.3) is 5.69 Å². The van der Waals surface area contributed by atoms with Crippen molar-refractivity contribution < 1.29 is 14.5 Å². The Morgan fingerprint density at radius 2 is 2.03 bits per heavy atom. The van der Waals surface area contributed by atoms with E-state index in [1.807, 2.05) is 38.1 Å². The minimum absolute atomic E-state index is 0.138. The van der Waals surface area contributed by atoms with Gasteiger partial charge in [-0.05, 0) is 37.1 Å². The number of rotatable bonds is 8. The predicted molar refractivity (Wildman–Crippen MR) is 108 cm³/mol. The molecular weight excluding hydrogens is 372 g/mol. The van der Waals surface area contributed by atoms with Crippen LogP contribution in [-0.4, -0.2) is 26.5 Å². The van der Waals surface area contributed by atoms with Gasteiger partial charge in [0.15, 0.2) is 0 Å². The fourth-order valence-corrected chi connectivity index (χ4v) is 2.81. The maximum absolute atomic E-state index is 12.5. The van der Waals surface area contributed by atoms with E-state index in [1.165, 1.54) is 23.2 Å². The summed E-state index contributed by atoms with van der Waals surface area (Å²) in [6.07, 6.45) is 4.75. The number of hydrogen-bond acceptors (Lipinski definition) is 5. The molecule has 1 N–H and O–H groups in total. The fourth-order valence-electron chi connectivity index (χ4n) is 2.81. The normalized spacial score (nSPS) is 10.9. The summed E-state index contributed by atoms with van der Waals surface area (Å²) in [6, 6.07) is 12.1. The summed E-state index contributed by atoms with van der Waals surface area (Å²) in [5, 5.41) is 14.3. The summed E-state index contributed by atoms with van der Waals surface area (Å²) >= 11 is 0. The highest BCUT2D eigenvalue weighted by atomic mass is 16.6. The van der Waals surface area contributed by atoms with Gasteiger partial charge in [0, 0.05) is 30.6 Å². The lowest BCUT2D eigenvalue weighted by Crippen LogP contribution is -2.23. The van der Waals surface area contributed by atoms with Gasteiger partial charge in [-0.2, -0.15) is 0 Å². The topological polar surface area (TPSA) is 99.3 Å². The monoisotopic (exact) mass is 394 g/mol. The van der Waals surface area contributed by atoms with E-state index in [2.05, 4.69) is 10.3 Å². The van der Waals surface area contributed by atoms with E-state index < -0.39 is 4.92 Å². The van der Waals surface area contributed by atoms with Crippen molar-refractivity contribution in [2.75, 3.05) is 0 Å². The van der Waals surface area contributed by atoms with Crippen molar-refractivity contribution in [2.24, 2.45) is 0 Å². The van der Waals surface area contributed by atoms with Gasteiger partial charge < -0.3 is 14.6 Å². The van der Waals surface area contributed by atoms with Gasteiger partial charge in [0.1, 0.15) is 5.69 Å². The van der Waals surface area contributed by atoms with Gasteiger partial charge in [0.05, 0.1) is 24.0 Å². The van der Waals surface area contributed by atoms with E-state index >= 15 is 0 Å². The molecule has 0 aliphatic rings. The number of imidazole rings is 1. The first kappa shape index (κ1) is 20.2. The van der Waals surface area contributed by atoms with Crippen LogP contribution in [-0.2, 0) is 17.9 Å². The molecule has 8 nitrogen and oxygen atoms in total. The molecule has 3 aromatic rings. The Balaban J connectivity index is 1.70. The van der Waals surface area contributed by atoms with Crippen molar-refractivity contribution in [1.82, 2.24) is 14.9 Å². The first-order valence-corrected chi connectivity index (χ1v) is 9.18. The predicted octanol–water partition coefficient (Wildman–Crippen LogP) is 3.64. The molecule has 1 amide bonds. The number of nitrogens with one attached hydrogen (secondary N) is 1. The molecule has 8 heteroatoms. The summed E-state index contributed by atoms with van der Waals surface area (Å²) < 4.78 is 7.13. The number of amides is 1. The molecule has 3 rings (SSSR count). The Labute approximate surface area is 168 Å². The summed E-state index contributed by atoms with van der Waals surface area (Å²) in [4.78, 5) is 27.4. The van der Waals surface area contributed by atoms with Gasteiger partial charge >= 0.3 is 0 Å². The largest absolute Gasteiger partial charge is 0.374 e. The van der Waals surface area contributed by atoms with Crippen molar-refractivity contribution in [3.8, 4) is 5.69 Å². The Morgan fingerprint density at radius 3 is 2.72 bits per heavy atom. The third-order valence-corrected chi connectivity index (χ3v) is 4.24. The van der Waals surface area contributed by atoms with Crippen molar-refractivity contribution in [2.45, 2.75) is 33.1 Å². The van der Waals surface area contributed by atoms with Gasteiger partial charge in [-0.25, -0.2) is 4.98 Å². The molecule has 0 bridgehead atoms. The van der Waals surface area contributed by atoms with E-state index in [1.54, 1.807) is 18.3 Å². The average Bonchev–Trinajstić information content (AvgIpc) is 3.25. The Kier molecular flexibility index (Phi) is 6.36. The summed E-state index contributed by atoms with van der Waals surface area (Å²) in [5.41, 5.74) is 2.35. The molecule has 1 heterocycles. The minimum Gasteiger partial charge on any atom is -0.374 e. The molecule has 0 aliphatic heterocycles. The van der Waals surface area contributed by atoms with Crippen molar-refractivity contribution in [3.05, 3.63) is 88.0 Å². The zero-order valence-corrected chi connectivity index (χ0v) is 16.2. The number of nitro groups is 1. The van der Waals surface area contributed by atoms with E-state index in [-0.39, 0.29) is 23.3 Å². The van der Waals surface area contributed by atoms with Crippen LogP contribution in [0.5, 0.6) is 0 Å². The number of hydrogen-bond donors (Lipinski definition) is 1. The standard InChI is InChI=1S/C21H22N4O4/c1-15(2)29-13-17-5-3-4-16(10-17)12-23-21(26)18-6-7-19(20(11-18)25(27)28)24-9-8-22-14-24/h3-11,14-15H,12-13H2,1-2H3,(H,23,26). The molecule has 0 spiro atoms. The number of ether oxygens (including phenoxy) is 1. The summed E-state index contributed by atoms with van der Waals surface area (Å²) in [7, 11) is 0. The number of aromatic nitrogens is 2. The lowest BCUT2D eigenvalue weighted by Gasteiger charge is -2.10. The Hall–Kier alpha value is -3.52. The molecule has 0 fully saturated rings. The second kappa shape index (κ2) is 9.11. The molecule has 2 aromatic carbocycles. The number of benzene rings is 2. The van der Waals surface area contributed by atoms with E-state index in [0.717, 1.165) is 11.1 Å². The molecule has 150 valence electrons. The van der Waals surface area contributed by atoms with Crippen molar-refractivity contribution >= 4 is 11.6 Å². The highest BCUT2D eigenvalue weighted by molar-refractivity contribution is 5.95. The molecule has 0 unspecified atom stereocenters. The van der Waals surface area contributed by atoms with Crippen LogP contribution in [0.1, 0.15) is 35.3 Å². The van der Waals surface area contributed by atoms with Gasteiger partial charge in [0.25, 0.3) is 11.6 Å². The molecule has 0 saturated heterocycles. The summed E-state index contributed by atoms with van der Waals surface area (Å²) in [5.74, 6) is -0.380. The molecule has 0 radical (unpaired) electrons. The number of carbonyl (C=O) groups is 1.